The molecule has 1 atom stereocenters. The first-order valence-electron chi connectivity index (χ1n) is 7.29. The third-order valence-electron chi connectivity index (χ3n) is 3.65. The van der Waals surface area contributed by atoms with Crippen molar-refractivity contribution in [1.29, 1.82) is 0 Å². The Morgan fingerprint density at radius 3 is 2.65 bits per heavy atom. The van der Waals surface area contributed by atoms with Crippen LogP contribution in [-0.2, 0) is 4.79 Å². The Balaban J connectivity index is 1.52. The van der Waals surface area contributed by atoms with Gasteiger partial charge in [-0.15, -0.1) is 5.10 Å². The number of hydrogen-bond donors (Lipinski definition) is 1. The normalized spacial score (nSPS) is 16.4. The number of furan rings is 1. The summed E-state index contributed by atoms with van der Waals surface area (Å²) in [5.74, 6) is 0.245. The summed E-state index contributed by atoms with van der Waals surface area (Å²) in [7, 11) is 0. The summed E-state index contributed by atoms with van der Waals surface area (Å²) in [6.45, 7) is 3.91. The summed E-state index contributed by atoms with van der Waals surface area (Å²) in [6.07, 6.45) is 3.07. The third kappa shape index (κ3) is 3.55. The summed E-state index contributed by atoms with van der Waals surface area (Å²) < 4.78 is 5.13. The molecule has 0 saturated carbocycles. The van der Waals surface area contributed by atoms with Crippen molar-refractivity contribution < 1.29 is 14.0 Å². The number of thioether (sulfide) groups is 1. The van der Waals surface area contributed by atoms with Gasteiger partial charge in [0, 0.05) is 26.2 Å². The quantitative estimate of drug-likeness (QED) is 0.833. The van der Waals surface area contributed by atoms with E-state index in [1.54, 1.807) is 28.1 Å². The SMILES string of the molecule is C[C@H](Sc1cn[nH]n1)C(=O)N1CCN(C(=O)c2ccco2)CC1. The number of piperazine rings is 1. The minimum absolute atomic E-state index is 0.0445. The molecule has 8 nitrogen and oxygen atoms in total. The van der Waals surface area contributed by atoms with E-state index in [-0.39, 0.29) is 17.1 Å². The number of aromatic nitrogens is 3. The molecule has 9 heteroatoms. The number of nitrogens with zero attached hydrogens (tertiary/aromatic N) is 4. The van der Waals surface area contributed by atoms with Crippen LogP contribution < -0.4 is 0 Å². The molecule has 122 valence electrons. The smallest absolute Gasteiger partial charge is 0.289 e. The van der Waals surface area contributed by atoms with Gasteiger partial charge in [0.25, 0.3) is 5.91 Å². The highest BCUT2D eigenvalue weighted by Crippen LogP contribution is 2.22. The molecule has 0 aliphatic carbocycles. The number of amides is 2. The van der Waals surface area contributed by atoms with E-state index in [1.807, 2.05) is 6.92 Å². The van der Waals surface area contributed by atoms with Crippen molar-refractivity contribution in [2.45, 2.75) is 17.2 Å². The first kappa shape index (κ1) is 15.6. The Labute approximate surface area is 137 Å². The average Bonchev–Trinajstić information content (AvgIpc) is 3.27. The van der Waals surface area contributed by atoms with Gasteiger partial charge in [0.1, 0.15) is 5.03 Å². The standard InChI is InChI=1S/C14H17N5O3S/c1-10(23-12-9-15-17-16-12)13(20)18-4-6-19(7-5-18)14(21)11-3-2-8-22-11/h2-3,8-10H,4-7H2,1H3,(H,15,16,17)/t10-/m0/s1. The molecule has 1 N–H and O–H groups in total. The lowest BCUT2D eigenvalue weighted by molar-refractivity contribution is -0.131. The molecule has 1 saturated heterocycles. The van der Waals surface area contributed by atoms with Crippen LogP contribution in [0.5, 0.6) is 0 Å². The predicted octanol–water partition coefficient (Wildman–Crippen LogP) is 0.863. The van der Waals surface area contributed by atoms with Crippen LogP contribution in [0.2, 0.25) is 0 Å². The first-order chi connectivity index (χ1) is 11.1. The van der Waals surface area contributed by atoms with E-state index in [4.69, 9.17) is 4.42 Å². The van der Waals surface area contributed by atoms with Gasteiger partial charge >= 0.3 is 0 Å². The number of hydrogen-bond acceptors (Lipinski definition) is 6. The molecule has 0 spiro atoms. The highest BCUT2D eigenvalue weighted by Gasteiger charge is 2.28. The summed E-state index contributed by atoms with van der Waals surface area (Å²) in [6, 6.07) is 3.34. The van der Waals surface area contributed by atoms with E-state index in [0.29, 0.717) is 37.0 Å². The Morgan fingerprint density at radius 2 is 2.04 bits per heavy atom. The van der Waals surface area contributed by atoms with Gasteiger partial charge in [-0.05, 0) is 19.1 Å². The van der Waals surface area contributed by atoms with Crippen LogP contribution in [0.15, 0.2) is 34.0 Å². The molecule has 0 bridgehead atoms. The molecular weight excluding hydrogens is 318 g/mol. The molecular formula is C14H17N5O3S. The zero-order valence-electron chi connectivity index (χ0n) is 12.6. The van der Waals surface area contributed by atoms with Crippen LogP contribution in [0.4, 0.5) is 0 Å². The van der Waals surface area contributed by atoms with Crippen LogP contribution in [0.3, 0.4) is 0 Å². The van der Waals surface area contributed by atoms with Crippen molar-refractivity contribution in [2.75, 3.05) is 26.2 Å². The van der Waals surface area contributed by atoms with Crippen molar-refractivity contribution in [3.63, 3.8) is 0 Å². The molecule has 2 aromatic rings. The van der Waals surface area contributed by atoms with Gasteiger partial charge in [-0.1, -0.05) is 11.8 Å². The minimum atomic E-state index is -0.243. The molecule has 1 aliphatic heterocycles. The summed E-state index contributed by atoms with van der Waals surface area (Å²) in [5, 5.41) is 10.6. The van der Waals surface area contributed by atoms with Gasteiger partial charge in [-0.3, -0.25) is 9.59 Å². The Hall–Kier alpha value is -2.29. The van der Waals surface area contributed by atoms with Crippen molar-refractivity contribution in [1.82, 2.24) is 25.2 Å². The second-order valence-corrected chi connectivity index (χ2v) is 6.52. The summed E-state index contributed by atoms with van der Waals surface area (Å²) >= 11 is 1.37. The van der Waals surface area contributed by atoms with E-state index < -0.39 is 0 Å². The fourth-order valence-corrected chi connectivity index (χ4v) is 3.24. The highest BCUT2D eigenvalue weighted by molar-refractivity contribution is 8.00. The molecule has 1 fully saturated rings. The molecule has 1 aliphatic rings. The molecule has 0 radical (unpaired) electrons. The molecule has 0 unspecified atom stereocenters. The Bertz CT molecular complexity index is 650. The lowest BCUT2D eigenvalue weighted by Gasteiger charge is -2.35. The van der Waals surface area contributed by atoms with E-state index in [1.165, 1.54) is 18.0 Å². The number of aromatic amines is 1. The first-order valence-corrected chi connectivity index (χ1v) is 8.17. The molecule has 0 aromatic carbocycles. The number of H-pyrrole nitrogens is 1. The maximum Gasteiger partial charge on any atom is 0.289 e. The lowest BCUT2D eigenvalue weighted by atomic mass is 10.2. The highest BCUT2D eigenvalue weighted by atomic mass is 32.2. The van der Waals surface area contributed by atoms with Gasteiger partial charge < -0.3 is 14.2 Å². The van der Waals surface area contributed by atoms with E-state index in [2.05, 4.69) is 15.4 Å². The van der Waals surface area contributed by atoms with Gasteiger partial charge in [0.15, 0.2) is 5.76 Å². The summed E-state index contributed by atoms with van der Waals surface area (Å²) in [5.41, 5.74) is 0. The average molecular weight is 335 g/mol. The van der Waals surface area contributed by atoms with Gasteiger partial charge in [-0.2, -0.15) is 10.3 Å². The molecule has 3 rings (SSSR count). The molecule has 2 aromatic heterocycles. The second-order valence-electron chi connectivity index (χ2n) is 5.16. The van der Waals surface area contributed by atoms with Crippen molar-refractivity contribution in [2.24, 2.45) is 0 Å². The monoisotopic (exact) mass is 335 g/mol. The number of carbonyl (C=O) groups excluding carboxylic acids is 2. The summed E-state index contributed by atoms with van der Waals surface area (Å²) in [4.78, 5) is 28.1. The molecule has 3 heterocycles. The van der Waals surface area contributed by atoms with E-state index in [9.17, 15) is 9.59 Å². The third-order valence-corrected chi connectivity index (χ3v) is 4.64. The Morgan fingerprint density at radius 1 is 1.30 bits per heavy atom. The molecule has 2 amide bonds. The van der Waals surface area contributed by atoms with Crippen LogP contribution in [0.1, 0.15) is 17.5 Å². The van der Waals surface area contributed by atoms with Crippen LogP contribution >= 0.6 is 11.8 Å². The zero-order chi connectivity index (χ0) is 16.2. The van der Waals surface area contributed by atoms with Gasteiger partial charge in [0.2, 0.25) is 5.91 Å². The topological polar surface area (TPSA) is 95.3 Å². The number of nitrogens with one attached hydrogen (secondary N) is 1. The fourth-order valence-electron chi connectivity index (χ4n) is 2.42. The zero-order valence-corrected chi connectivity index (χ0v) is 13.5. The Kier molecular flexibility index (Phi) is 4.65. The van der Waals surface area contributed by atoms with E-state index in [0.717, 1.165) is 0 Å². The maximum atomic E-state index is 12.5. The van der Waals surface area contributed by atoms with Crippen LogP contribution in [0.25, 0.3) is 0 Å². The minimum Gasteiger partial charge on any atom is -0.459 e. The van der Waals surface area contributed by atoms with E-state index >= 15 is 0 Å². The predicted molar refractivity (Wildman–Crippen MR) is 82.9 cm³/mol. The van der Waals surface area contributed by atoms with Crippen molar-refractivity contribution in [3.05, 3.63) is 30.4 Å². The number of carbonyl (C=O) groups is 2. The number of rotatable bonds is 4. The van der Waals surface area contributed by atoms with Crippen LogP contribution in [0, 0.1) is 0 Å². The second kappa shape index (κ2) is 6.86. The fraction of sp³-hybridized carbons (Fsp3) is 0.429. The van der Waals surface area contributed by atoms with Gasteiger partial charge in [0.05, 0.1) is 17.7 Å². The van der Waals surface area contributed by atoms with Crippen LogP contribution in [-0.4, -0.2) is 68.5 Å². The lowest BCUT2D eigenvalue weighted by Crippen LogP contribution is -2.52. The van der Waals surface area contributed by atoms with Crippen molar-refractivity contribution in [3.8, 4) is 0 Å². The largest absolute Gasteiger partial charge is 0.459 e. The maximum absolute atomic E-state index is 12.5. The van der Waals surface area contributed by atoms with Crippen molar-refractivity contribution >= 4 is 23.6 Å². The van der Waals surface area contributed by atoms with Gasteiger partial charge in [-0.25, -0.2) is 0 Å². The molecule has 23 heavy (non-hydrogen) atoms.